The SMILES string of the molecule is Cc1cc(C)c2c(c1)CCCCCCC[C@H](n1cc(CCN(C)C)cc(F)c1=O)C(=O)N[C@@H](CC(=O)O)c1cc-2cc(C2CC2)c1F. The zero-order valence-electron chi connectivity index (χ0n) is 28.0. The van der Waals surface area contributed by atoms with Crippen LogP contribution in [0.3, 0.4) is 0 Å². The number of hydrogen-bond acceptors (Lipinski definition) is 4. The van der Waals surface area contributed by atoms with Gasteiger partial charge in [-0.15, -0.1) is 0 Å². The van der Waals surface area contributed by atoms with Gasteiger partial charge < -0.3 is 19.9 Å². The molecule has 1 aromatic heterocycles. The van der Waals surface area contributed by atoms with Crippen LogP contribution in [0.2, 0.25) is 0 Å². The Morgan fingerprint density at radius 2 is 1.66 bits per heavy atom. The second-order valence-electron chi connectivity index (χ2n) is 13.8. The molecule has 1 aliphatic carbocycles. The topological polar surface area (TPSA) is 91.6 Å². The maximum atomic E-state index is 16.4. The fourth-order valence-electron chi connectivity index (χ4n) is 7.03. The summed E-state index contributed by atoms with van der Waals surface area (Å²) >= 11 is 0. The number of nitrogens with zero attached hydrogens (tertiary/aromatic N) is 2. The summed E-state index contributed by atoms with van der Waals surface area (Å²) < 4.78 is 32.6. The molecule has 0 unspecified atom stereocenters. The quantitative estimate of drug-likeness (QED) is 0.284. The molecule has 2 aliphatic rings. The lowest BCUT2D eigenvalue weighted by Crippen LogP contribution is -2.40. The number of likely N-dealkylation sites (N-methyl/N-ethyl adjacent to an activating group) is 1. The lowest BCUT2D eigenvalue weighted by molar-refractivity contribution is -0.138. The number of carbonyl (C=O) groups excluding carboxylic acids is 1. The van der Waals surface area contributed by atoms with E-state index < -0.39 is 47.6 Å². The van der Waals surface area contributed by atoms with E-state index in [4.69, 9.17) is 0 Å². The van der Waals surface area contributed by atoms with Crippen molar-refractivity contribution in [3.8, 4) is 11.1 Å². The van der Waals surface area contributed by atoms with E-state index in [1.165, 1.54) is 17.8 Å². The predicted molar refractivity (Wildman–Crippen MR) is 180 cm³/mol. The second kappa shape index (κ2) is 14.9. The number of amides is 1. The highest BCUT2D eigenvalue weighted by molar-refractivity contribution is 5.82. The van der Waals surface area contributed by atoms with Gasteiger partial charge in [0.05, 0.1) is 12.5 Å². The Morgan fingerprint density at radius 1 is 0.957 bits per heavy atom. The van der Waals surface area contributed by atoms with Crippen LogP contribution in [0.1, 0.15) is 109 Å². The van der Waals surface area contributed by atoms with Crippen molar-refractivity contribution in [3.63, 3.8) is 0 Å². The average Bonchev–Trinajstić information content (AvgIpc) is 3.84. The number of pyridine rings is 1. The third kappa shape index (κ3) is 8.36. The van der Waals surface area contributed by atoms with Crippen LogP contribution in [0, 0.1) is 25.5 Å². The van der Waals surface area contributed by atoms with Crippen LogP contribution in [-0.2, 0) is 22.4 Å². The van der Waals surface area contributed by atoms with Crippen LogP contribution in [0.15, 0.2) is 41.3 Å². The minimum atomic E-state index is -1.19. The van der Waals surface area contributed by atoms with Gasteiger partial charge in [-0.1, -0.05) is 43.4 Å². The summed E-state index contributed by atoms with van der Waals surface area (Å²) in [6.07, 6.45) is 8.59. The van der Waals surface area contributed by atoms with Gasteiger partial charge in [-0.2, -0.15) is 0 Å². The summed E-state index contributed by atoms with van der Waals surface area (Å²) in [6, 6.07) is 6.85. The Balaban J connectivity index is 1.64. The zero-order chi connectivity index (χ0) is 33.8. The Bertz CT molecular complexity index is 1700. The number of rotatable bonds is 7. The highest BCUT2D eigenvalue weighted by Gasteiger charge is 2.33. The molecular formula is C38H47F2N3O4. The van der Waals surface area contributed by atoms with E-state index in [-0.39, 0.29) is 17.9 Å². The van der Waals surface area contributed by atoms with E-state index in [1.807, 2.05) is 25.1 Å². The van der Waals surface area contributed by atoms with Crippen molar-refractivity contribution in [3.05, 3.63) is 91.9 Å². The summed E-state index contributed by atoms with van der Waals surface area (Å²) in [5.41, 5.74) is 5.58. The molecule has 7 nitrogen and oxygen atoms in total. The van der Waals surface area contributed by atoms with E-state index in [1.54, 1.807) is 6.07 Å². The third-order valence-corrected chi connectivity index (χ3v) is 9.53. The summed E-state index contributed by atoms with van der Waals surface area (Å²) in [5, 5.41) is 12.8. The molecule has 5 rings (SSSR count). The molecule has 2 atom stereocenters. The minimum Gasteiger partial charge on any atom is -0.481 e. The Labute approximate surface area is 276 Å². The second-order valence-corrected chi connectivity index (χ2v) is 13.8. The van der Waals surface area contributed by atoms with Gasteiger partial charge in [0.1, 0.15) is 11.9 Å². The molecule has 0 radical (unpaired) electrons. The van der Waals surface area contributed by atoms with Gasteiger partial charge in [-0.05, 0) is 124 Å². The van der Waals surface area contributed by atoms with Crippen LogP contribution >= 0.6 is 0 Å². The molecule has 252 valence electrons. The third-order valence-electron chi connectivity index (χ3n) is 9.53. The molecule has 1 amide bonds. The standard InChI is InChI=1S/C38H47F2N3O4/c1-23-16-24(2)35-27(17-23)10-8-6-5-7-9-11-33(43-22-25(14-15-42(3)4)18-31(39)38(43)47)37(46)41-32(21-34(44)45)30-20-28(35)19-29(36(30)40)26-12-13-26/h16-20,22,26,32-33H,5-15,21H2,1-4H3,(H,41,46)(H,44,45)/t32-,33-/m0/s1. The van der Waals surface area contributed by atoms with Gasteiger partial charge in [0, 0.05) is 18.3 Å². The summed E-state index contributed by atoms with van der Waals surface area (Å²) in [6.45, 7) is 4.74. The van der Waals surface area contributed by atoms with E-state index in [9.17, 15) is 19.5 Å². The first kappa shape index (κ1) is 34.5. The molecule has 0 saturated heterocycles. The van der Waals surface area contributed by atoms with E-state index in [2.05, 4.69) is 31.3 Å². The molecule has 1 fully saturated rings. The van der Waals surface area contributed by atoms with Gasteiger partial charge in [0.15, 0.2) is 5.82 Å². The molecule has 1 saturated carbocycles. The number of carboxylic acid groups (broad SMARTS) is 1. The average molecular weight is 648 g/mol. The molecule has 2 N–H and O–H groups in total. The fraction of sp³-hybridized carbons (Fsp3) is 0.500. The molecule has 1 aliphatic heterocycles. The zero-order valence-corrected chi connectivity index (χ0v) is 28.0. The molecule has 0 spiro atoms. The first-order valence-electron chi connectivity index (χ1n) is 16.9. The molecule has 2 heterocycles. The van der Waals surface area contributed by atoms with Crippen molar-refractivity contribution in [1.29, 1.82) is 0 Å². The first-order valence-corrected chi connectivity index (χ1v) is 16.9. The molecular weight excluding hydrogens is 600 g/mol. The van der Waals surface area contributed by atoms with Gasteiger partial charge in [0.25, 0.3) is 5.56 Å². The number of aryl methyl sites for hydroxylation is 3. The number of aliphatic carboxylic acids is 1. The Morgan fingerprint density at radius 3 is 2.36 bits per heavy atom. The number of carboxylic acids is 1. The largest absolute Gasteiger partial charge is 0.481 e. The number of carbonyl (C=O) groups is 2. The van der Waals surface area contributed by atoms with Gasteiger partial charge in [0.2, 0.25) is 5.91 Å². The lowest BCUT2D eigenvalue weighted by atomic mass is 9.86. The predicted octanol–water partition coefficient (Wildman–Crippen LogP) is 7.16. The van der Waals surface area contributed by atoms with E-state index in [0.717, 1.165) is 71.8 Å². The Kier molecular flexibility index (Phi) is 11.0. The first-order chi connectivity index (χ1) is 22.4. The van der Waals surface area contributed by atoms with Crippen molar-refractivity contribution >= 4 is 11.9 Å². The molecule has 47 heavy (non-hydrogen) atoms. The van der Waals surface area contributed by atoms with Crippen molar-refractivity contribution < 1.29 is 23.5 Å². The number of nitrogens with one attached hydrogen (secondary N) is 1. The highest BCUT2D eigenvalue weighted by atomic mass is 19.1. The van der Waals surface area contributed by atoms with Crippen molar-refractivity contribution in [2.24, 2.45) is 0 Å². The van der Waals surface area contributed by atoms with Gasteiger partial charge in [-0.3, -0.25) is 14.4 Å². The normalized spacial score (nSPS) is 19.3. The highest BCUT2D eigenvalue weighted by Crippen LogP contribution is 2.45. The number of benzene rings is 2. The maximum Gasteiger partial charge on any atom is 0.305 e. The van der Waals surface area contributed by atoms with E-state index >= 15 is 8.78 Å². The van der Waals surface area contributed by atoms with Crippen molar-refractivity contribution in [1.82, 2.24) is 14.8 Å². The fourth-order valence-corrected chi connectivity index (χ4v) is 7.03. The number of aromatic nitrogens is 1. The smallest absolute Gasteiger partial charge is 0.305 e. The molecule has 2 bridgehead atoms. The van der Waals surface area contributed by atoms with Crippen LogP contribution < -0.4 is 10.9 Å². The van der Waals surface area contributed by atoms with E-state index in [0.29, 0.717) is 30.5 Å². The number of halogens is 2. The molecule has 3 aromatic rings. The minimum absolute atomic E-state index is 0.0360. The van der Waals surface area contributed by atoms with Crippen LogP contribution in [-0.4, -0.2) is 47.1 Å². The van der Waals surface area contributed by atoms with Crippen molar-refractivity contribution in [2.75, 3.05) is 20.6 Å². The molecule has 2 aromatic carbocycles. The monoisotopic (exact) mass is 647 g/mol. The van der Waals surface area contributed by atoms with Crippen LogP contribution in [0.25, 0.3) is 11.1 Å². The van der Waals surface area contributed by atoms with Crippen molar-refractivity contribution in [2.45, 2.75) is 102 Å². The maximum absolute atomic E-state index is 16.4. The summed E-state index contributed by atoms with van der Waals surface area (Å²) in [5.74, 6) is -3.23. The summed E-state index contributed by atoms with van der Waals surface area (Å²) in [7, 11) is 3.79. The number of hydrogen-bond donors (Lipinski definition) is 2. The van der Waals surface area contributed by atoms with Crippen LogP contribution in [0.5, 0.6) is 0 Å². The lowest BCUT2D eigenvalue weighted by Gasteiger charge is -2.26. The van der Waals surface area contributed by atoms with Crippen LogP contribution in [0.4, 0.5) is 8.78 Å². The number of fused-ring (bicyclic) bond motifs is 4. The Hall–Kier alpha value is -3.85. The van der Waals surface area contributed by atoms with Gasteiger partial charge in [-0.25, -0.2) is 8.78 Å². The molecule has 9 heteroatoms. The summed E-state index contributed by atoms with van der Waals surface area (Å²) in [4.78, 5) is 41.5. The van der Waals surface area contributed by atoms with Gasteiger partial charge >= 0.3 is 5.97 Å².